The molecule has 0 aromatic carbocycles. The van der Waals surface area contributed by atoms with Crippen LogP contribution in [0.15, 0.2) is 12.4 Å². The van der Waals surface area contributed by atoms with E-state index in [1.54, 1.807) is 20.3 Å². The highest BCUT2D eigenvalue weighted by Gasteiger charge is 2.08. The van der Waals surface area contributed by atoms with Crippen LogP contribution >= 0.6 is 11.6 Å². The molecule has 0 amide bonds. The Labute approximate surface area is 100 Å². The number of rotatable bonds is 7. The standard InChI is InChI=1S/C10H16ClN3O2/c1-15-5-3-14(4-6-16-2)10-7-9(11)12-8-13-10/h7-8H,3-6H2,1-2H3. The normalized spacial score (nSPS) is 10.4. The molecule has 16 heavy (non-hydrogen) atoms. The van der Waals surface area contributed by atoms with Crippen molar-refractivity contribution in [1.29, 1.82) is 0 Å². The number of halogens is 1. The molecule has 1 rings (SSSR count). The molecule has 0 aliphatic rings. The number of ether oxygens (including phenoxy) is 2. The summed E-state index contributed by atoms with van der Waals surface area (Å²) >= 11 is 5.82. The van der Waals surface area contributed by atoms with E-state index in [1.165, 1.54) is 6.33 Å². The van der Waals surface area contributed by atoms with E-state index >= 15 is 0 Å². The Morgan fingerprint density at radius 1 is 1.19 bits per heavy atom. The Morgan fingerprint density at radius 2 is 1.81 bits per heavy atom. The molecule has 1 aromatic heterocycles. The fourth-order valence-electron chi connectivity index (χ4n) is 1.24. The number of hydrogen-bond acceptors (Lipinski definition) is 5. The van der Waals surface area contributed by atoms with E-state index < -0.39 is 0 Å². The van der Waals surface area contributed by atoms with Crippen molar-refractivity contribution in [2.24, 2.45) is 0 Å². The predicted molar refractivity (Wildman–Crippen MR) is 63.0 cm³/mol. The first kappa shape index (κ1) is 13.2. The number of nitrogens with zero attached hydrogens (tertiary/aromatic N) is 3. The molecule has 0 radical (unpaired) electrons. The number of aromatic nitrogens is 2. The van der Waals surface area contributed by atoms with Gasteiger partial charge in [0.15, 0.2) is 0 Å². The van der Waals surface area contributed by atoms with Crippen LogP contribution < -0.4 is 4.90 Å². The molecule has 0 saturated carbocycles. The van der Waals surface area contributed by atoms with Crippen LogP contribution in [-0.4, -0.2) is 50.5 Å². The molecule has 0 saturated heterocycles. The van der Waals surface area contributed by atoms with E-state index in [1.807, 2.05) is 4.90 Å². The van der Waals surface area contributed by atoms with Crippen molar-refractivity contribution < 1.29 is 9.47 Å². The van der Waals surface area contributed by atoms with Gasteiger partial charge >= 0.3 is 0 Å². The summed E-state index contributed by atoms with van der Waals surface area (Å²) in [6.45, 7) is 2.75. The summed E-state index contributed by atoms with van der Waals surface area (Å²) in [6, 6.07) is 1.73. The molecule has 5 nitrogen and oxygen atoms in total. The van der Waals surface area contributed by atoms with Crippen molar-refractivity contribution >= 4 is 17.4 Å². The summed E-state index contributed by atoms with van der Waals surface area (Å²) in [4.78, 5) is 10.1. The molecule has 0 spiro atoms. The summed E-state index contributed by atoms with van der Waals surface area (Å²) in [6.07, 6.45) is 1.45. The maximum atomic E-state index is 5.82. The van der Waals surface area contributed by atoms with Crippen molar-refractivity contribution in [3.63, 3.8) is 0 Å². The second-order valence-electron chi connectivity index (χ2n) is 3.17. The van der Waals surface area contributed by atoms with Gasteiger partial charge in [0.1, 0.15) is 17.3 Å². The fraction of sp³-hybridized carbons (Fsp3) is 0.600. The van der Waals surface area contributed by atoms with Gasteiger partial charge in [-0.1, -0.05) is 11.6 Å². The lowest BCUT2D eigenvalue weighted by atomic mass is 10.4. The molecule has 0 N–H and O–H groups in total. The van der Waals surface area contributed by atoms with Crippen molar-refractivity contribution in [1.82, 2.24) is 9.97 Å². The van der Waals surface area contributed by atoms with E-state index in [2.05, 4.69) is 9.97 Å². The molecule has 0 fully saturated rings. The summed E-state index contributed by atoms with van der Waals surface area (Å²) in [7, 11) is 3.34. The largest absolute Gasteiger partial charge is 0.383 e. The second kappa shape index (κ2) is 7.38. The van der Waals surface area contributed by atoms with Crippen molar-refractivity contribution in [3.8, 4) is 0 Å². The van der Waals surface area contributed by atoms with E-state index in [9.17, 15) is 0 Å². The smallest absolute Gasteiger partial charge is 0.134 e. The van der Waals surface area contributed by atoms with Crippen LogP contribution in [0, 0.1) is 0 Å². The molecule has 0 bridgehead atoms. The first-order valence-electron chi connectivity index (χ1n) is 4.98. The van der Waals surface area contributed by atoms with Crippen LogP contribution in [0.4, 0.5) is 5.82 Å². The Bertz CT molecular complexity index is 304. The average Bonchev–Trinajstić information content (AvgIpc) is 2.29. The van der Waals surface area contributed by atoms with Crippen LogP contribution in [0.25, 0.3) is 0 Å². The van der Waals surface area contributed by atoms with E-state index in [-0.39, 0.29) is 0 Å². The third-order valence-corrected chi connectivity index (χ3v) is 2.28. The Balaban J connectivity index is 2.66. The number of anilines is 1. The molecule has 0 aliphatic carbocycles. The highest BCUT2D eigenvalue weighted by Crippen LogP contribution is 2.13. The monoisotopic (exact) mass is 245 g/mol. The molecular formula is C10H16ClN3O2. The summed E-state index contributed by atoms with van der Waals surface area (Å²) in [5.41, 5.74) is 0. The van der Waals surface area contributed by atoms with E-state index in [4.69, 9.17) is 21.1 Å². The van der Waals surface area contributed by atoms with Gasteiger partial charge in [0, 0.05) is 33.4 Å². The first-order chi connectivity index (χ1) is 7.77. The molecule has 1 heterocycles. The number of hydrogen-bond donors (Lipinski definition) is 0. The number of methoxy groups -OCH3 is 2. The molecule has 0 aliphatic heterocycles. The molecule has 0 atom stereocenters. The zero-order chi connectivity index (χ0) is 11.8. The van der Waals surface area contributed by atoms with E-state index in [0.29, 0.717) is 18.4 Å². The van der Waals surface area contributed by atoms with Crippen molar-refractivity contribution in [2.75, 3.05) is 45.4 Å². The summed E-state index contributed by atoms with van der Waals surface area (Å²) < 4.78 is 10.1. The van der Waals surface area contributed by atoms with Crippen molar-refractivity contribution in [3.05, 3.63) is 17.5 Å². The summed E-state index contributed by atoms with van der Waals surface area (Å²) in [5.74, 6) is 0.786. The first-order valence-corrected chi connectivity index (χ1v) is 5.36. The van der Waals surface area contributed by atoms with Gasteiger partial charge in [-0.2, -0.15) is 0 Å². The van der Waals surface area contributed by atoms with E-state index in [0.717, 1.165) is 18.9 Å². The second-order valence-corrected chi connectivity index (χ2v) is 3.56. The van der Waals surface area contributed by atoms with Crippen LogP contribution in [0.5, 0.6) is 0 Å². The van der Waals surface area contributed by atoms with Gasteiger partial charge in [-0.15, -0.1) is 0 Å². The minimum absolute atomic E-state index is 0.435. The zero-order valence-electron chi connectivity index (χ0n) is 9.52. The Kier molecular flexibility index (Phi) is 6.07. The fourth-order valence-corrected chi connectivity index (χ4v) is 1.38. The van der Waals surface area contributed by atoms with Gasteiger partial charge in [0.2, 0.25) is 0 Å². The lowest BCUT2D eigenvalue weighted by molar-refractivity contribution is 0.190. The van der Waals surface area contributed by atoms with Crippen LogP contribution in [0.1, 0.15) is 0 Å². The molecule has 1 aromatic rings. The third kappa shape index (κ3) is 4.30. The van der Waals surface area contributed by atoms with Gasteiger partial charge in [0.25, 0.3) is 0 Å². The molecule has 6 heteroatoms. The lowest BCUT2D eigenvalue weighted by Gasteiger charge is -2.22. The van der Waals surface area contributed by atoms with Crippen LogP contribution in [0.2, 0.25) is 5.15 Å². The highest BCUT2D eigenvalue weighted by molar-refractivity contribution is 6.29. The summed E-state index contributed by atoms with van der Waals surface area (Å²) in [5, 5.41) is 0.435. The molecule has 90 valence electrons. The van der Waals surface area contributed by atoms with Gasteiger partial charge in [-0.3, -0.25) is 0 Å². The minimum atomic E-state index is 0.435. The topological polar surface area (TPSA) is 47.5 Å². The maximum absolute atomic E-state index is 5.82. The van der Waals surface area contributed by atoms with Crippen molar-refractivity contribution in [2.45, 2.75) is 0 Å². The van der Waals surface area contributed by atoms with Gasteiger partial charge < -0.3 is 14.4 Å². The zero-order valence-corrected chi connectivity index (χ0v) is 10.3. The van der Waals surface area contributed by atoms with Gasteiger partial charge in [-0.05, 0) is 0 Å². The van der Waals surface area contributed by atoms with Gasteiger partial charge in [-0.25, -0.2) is 9.97 Å². The SMILES string of the molecule is COCCN(CCOC)c1cc(Cl)ncn1. The van der Waals surface area contributed by atoms with Crippen LogP contribution in [-0.2, 0) is 9.47 Å². The maximum Gasteiger partial charge on any atom is 0.134 e. The average molecular weight is 246 g/mol. The minimum Gasteiger partial charge on any atom is -0.383 e. The predicted octanol–water partition coefficient (Wildman–Crippen LogP) is 1.23. The Hall–Kier alpha value is -0.910. The third-order valence-electron chi connectivity index (χ3n) is 2.07. The molecule has 0 unspecified atom stereocenters. The highest BCUT2D eigenvalue weighted by atomic mass is 35.5. The Morgan fingerprint density at radius 3 is 2.31 bits per heavy atom. The molecular weight excluding hydrogens is 230 g/mol. The quantitative estimate of drug-likeness (QED) is 0.677. The lowest BCUT2D eigenvalue weighted by Crippen LogP contribution is -2.31. The van der Waals surface area contributed by atoms with Gasteiger partial charge in [0.05, 0.1) is 13.2 Å². The van der Waals surface area contributed by atoms with Crippen LogP contribution in [0.3, 0.4) is 0 Å².